The Morgan fingerprint density at radius 1 is 1.14 bits per heavy atom. The first-order valence-electron chi connectivity index (χ1n) is 6.70. The Kier molecular flexibility index (Phi) is 13.0. The first-order chi connectivity index (χ1) is 10.1. The van der Waals surface area contributed by atoms with Crippen LogP contribution in [-0.2, 0) is 9.59 Å². The van der Waals surface area contributed by atoms with Crippen LogP contribution in [0.25, 0.3) is 0 Å². The molecule has 0 saturated carbocycles. The van der Waals surface area contributed by atoms with Gasteiger partial charge in [0.1, 0.15) is 5.03 Å². The third kappa shape index (κ3) is 15.0. The van der Waals surface area contributed by atoms with Crippen LogP contribution in [0.2, 0.25) is 0 Å². The SMILES string of the molecule is CCCCCC(=O)O.O=C(O)CCSSc1ccccn1. The van der Waals surface area contributed by atoms with Crippen molar-refractivity contribution in [1.29, 1.82) is 0 Å². The van der Waals surface area contributed by atoms with E-state index in [1.807, 2.05) is 18.2 Å². The molecule has 0 atom stereocenters. The van der Waals surface area contributed by atoms with Gasteiger partial charge in [0.15, 0.2) is 0 Å². The van der Waals surface area contributed by atoms with Crippen molar-refractivity contribution in [2.45, 2.75) is 44.1 Å². The van der Waals surface area contributed by atoms with Crippen molar-refractivity contribution >= 4 is 33.5 Å². The second kappa shape index (κ2) is 13.8. The predicted molar refractivity (Wildman–Crippen MR) is 86.6 cm³/mol. The molecule has 0 aliphatic carbocycles. The fraction of sp³-hybridized carbons (Fsp3) is 0.500. The number of nitrogens with zero attached hydrogens (tertiary/aromatic N) is 1. The zero-order chi connectivity index (χ0) is 15.9. The second-order valence-electron chi connectivity index (χ2n) is 4.07. The van der Waals surface area contributed by atoms with Gasteiger partial charge >= 0.3 is 11.9 Å². The topological polar surface area (TPSA) is 87.5 Å². The highest BCUT2D eigenvalue weighted by molar-refractivity contribution is 8.76. The summed E-state index contributed by atoms with van der Waals surface area (Å²) in [5.74, 6) is -0.830. The van der Waals surface area contributed by atoms with Crippen LogP contribution in [0.3, 0.4) is 0 Å². The highest BCUT2D eigenvalue weighted by atomic mass is 33.1. The standard InChI is InChI=1S/C8H9NO2S2.C6H12O2/c10-8(11)4-6-12-13-7-3-1-2-5-9-7;1-2-3-4-5-6(7)8/h1-3,5H,4,6H2,(H,10,11);2-5H2,1H3,(H,7,8). The molecule has 0 spiro atoms. The Balaban J connectivity index is 0.000000433. The van der Waals surface area contributed by atoms with Crippen LogP contribution in [-0.4, -0.2) is 32.9 Å². The zero-order valence-corrected chi connectivity index (χ0v) is 13.7. The average Bonchev–Trinajstić information content (AvgIpc) is 2.45. The summed E-state index contributed by atoms with van der Waals surface area (Å²) in [4.78, 5) is 24.1. The van der Waals surface area contributed by atoms with Gasteiger partial charge in [-0.05, 0) is 29.3 Å². The summed E-state index contributed by atoms with van der Waals surface area (Å²) in [6.45, 7) is 2.06. The zero-order valence-electron chi connectivity index (χ0n) is 12.0. The van der Waals surface area contributed by atoms with Gasteiger partial charge in [-0.15, -0.1) is 0 Å². The minimum absolute atomic E-state index is 0.199. The van der Waals surface area contributed by atoms with Gasteiger partial charge in [-0.25, -0.2) is 4.98 Å². The maximum Gasteiger partial charge on any atom is 0.304 e. The van der Waals surface area contributed by atoms with Gasteiger partial charge in [0, 0.05) is 18.4 Å². The van der Waals surface area contributed by atoms with Gasteiger partial charge in [-0.2, -0.15) is 0 Å². The van der Waals surface area contributed by atoms with E-state index in [1.54, 1.807) is 6.20 Å². The maximum atomic E-state index is 10.2. The molecule has 1 rings (SSSR count). The van der Waals surface area contributed by atoms with Crippen molar-refractivity contribution < 1.29 is 19.8 Å². The predicted octanol–water partition coefficient (Wildman–Crippen LogP) is 3.95. The summed E-state index contributed by atoms with van der Waals surface area (Å²) in [5, 5.41) is 17.4. The molecule has 1 aromatic rings. The number of hydrogen-bond donors (Lipinski definition) is 2. The number of carbonyl (C=O) groups is 2. The first kappa shape index (κ1) is 19.8. The lowest BCUT2D eigenvalue weighted by molar-refractivity contribution is -0.137. The lowest BCUT2D eigenvalue weighted by Crippen LogP contribution is -1.94. The van der Waals surface area contributed by atoms with Gasteiger partial charge in [0.2, 0.25) is 0 Å². The molecule has 0 saturated heterocycles. The molecule has 0 aliphatic heterocycles. The third-order valence-corrected chi connectivity index (χ3v) is 4.44. The van der Waals surface area contributed by atoms with Gasteiger partial charge in [-0.1, -0.05) is 36.6 Å². The summed E-state index contributed by atoms with van der Waals surface area (Å²) < 4.78 is 0. The van der Waals surface area contributed by atoms with E-state index in [2.05, 4.69) is 11.9 Å². The number of pyridine rings is 1. The monoisotopic (exact) mass is 331 g/mol. The fourth-order valence-corrected chi connectivity index (χ4v) is 3.01. The van der Waals surface area contributed by atoms with E-state index in [9.17, 15) is 9.59 Å². The highest BCUT2D eigenvalue weighted by Gasteiger charge is 1.98. The Labute approximate surface area is 132 Å². The molecule has 1 aromatic heterocycles. The van der Waals surface area contributed by atoms with Gasteiger partial charge in [0.05, 0.1) is 6.42 Å². The van der Waals surface area contributed by atoms with Gasteiger partial charge < -0.3 is 10.2 Å². The van der Waals surface area contributed by atoms with Crippen LogP contribution in [0.15, 0.2) is 29.4 Å². The molecular weight excluding hydrogens is 310 g/mol. The van der Waals surface area contributed by atoms with Crippen LogP contribution >= 0.6 is 21.6 Å². The molecule has 5 nitrogen and oxygen atoms in total. The van der Waals surface area contributed by atoms with Crippen LogP contribution in [0, 0.1) is 0 Å². The minimum atomic E-state index is -0.755. The van der Waals surface area contributed by atoms with Crippen LogP contribution in [0.5, 0.6) is 0 Å². The lowest BCUT2D eigenvalue weighted by Gasteiger charge is -1.97. The number of aliphatic carboxylic acids is 2. The quantitative estimate of drug-likeness (QED) is 0.523. The Hall–Kier alpha value is -1.21. The highest BCUT2D eigenvalue weighted by Crippen LogP contribution is 2.29. The molecule has 7 heteroatoms. The van der Waals surface area contributed by atoms with E-state index in [4.69, 9.17) is 10.2 Å². The summed E-state index contributed by atoms with van der Waals surface area (Å²) in [6, 6.07) is 5.66. The van der Waals surface area contributed by atoms with Crippen LogP contribution in [0.1, 0.15) is 39.0 Å². The Morgan fingerprint density at radius 3 is 2.38 bits per heavy atom. The van der Waals surface area contributed by atoms with Crippen molar-refractivity contribution in [3.05, 3.63) is 24.4 Å². The first-order valence-corrected chi connectivity index (χ1v) is 9.02. The molecule has 0 radical (unpaired) electrons. The van der Waals surface area contributed by atoms with E-state index in [0.717, 1.165) is 24.3 Å². The van der Waals surface area contributed by atoms with E-state index in [1.165, 1.54) is 21.6 Å². The van der Waals surface area contributed by atoms with E-state index in [-0.39, 0.29) is 6.42 Å². The number of hydrogen-bond acceptors (Lipinski definition) is 5. The summed E-state index contributed by atoms with van der Waals surface area (Å²) in [5.41, 5.74) is 0. The van der Waals surface area contributed by atoms with Crippen LogP contribution in [0.4, 0.5) is 0 Å². The lowest BCUT2D eigenvalue weighted by atomic mass is 10.2. The van der Waals surface area contributed by atoms with Crippen molar-refractivity contribution in [1.82, 2.24) is 4.98 Å². The third-order valence-electron chi connectivity index (χ3n) is 2.18. The molecular formula is C14H21NO4S2. The Morgan fingerprint density at radius 2 is 1.86 bits per heavy atom. The Bertz CT molecular complexity index is 401. The second-order valence-corrected chi connectivity index (χ2v) is 6.50. The van der Waals surface area contributed by atoms with E-state index < -0.39 is 11.9 Å². The fourth-order valence-electron chi connectivity index (χ4n) is 1.15. The number of carboxylic acid groups (broad SMARTS) is 2. The number of carboxylic acids is 2. The van der Waals surface area contributed by atoms with Crippen molar-refractivity contribution in [2.75, 3.05) is 5.75 Å². The molecule has 118 valence electrons. The number of unbranched alkanes of at least 4 members (excludes halogenated alkanes) is 2. The van der Waals surface area contributed by atoms with E-state index >= 15 is 0 Å². The summed E-state index contributed by atoms with van der Waals surface area (Å²) in [7, 11) is 3.01. The molecule has 2 N–H and O–H groups in total. The smallest absolute Gasteiger partial charge is 0.304 e. The number of rotatable bonds is 9. The maximum absolute atomic E-state index is 10.2. The van der Waals surface area contributed by atoms with E-state index in [0.29, 0.717) is 12.2 Å². The molecule has 0 aliphatic rings. The molecule has 21 heavy (non-hydrogen) atoms. The number of aromatic nitrogens is 1. The normalized spacial score (nSPS) is 9.57. The molecule has 1 heterocycles. The molecule has 0 bridgehead atoms. The average molecular weight is 331 g/mol. The van der Waals surface area contributed by atoms with Crippen molar-refractivity contribution in [2.24, 2.45) is 0 Å². The largest absolute Gasteiger partial charge is 0.481 e. The van der Waals surface area contributed by atoms with Gasteiger partial charge in [-0.3, -0.25) is 9.59 Å². The van der Waals surface area contributed by atoms with Crippen molar-refractivity contribution in [3.63, 3.8) is 0 Å². The molecule has 0 unspecified atom stereocenters. The molecule has 0 fully saturated rings. The van der Waals surface area contributed by atoms with Crippen molar-refractivity contribution in [3.8, 4) is 0 Å². The summed E-state index contributed by atoms with van der Waals surface area (Å²) >= 11 is 0. The molecule has 0 amide bonds. The molecule has 0 aromatic carbocycles. The minimum Gasteiger partial charge on any atom is -0.481 e. The van der Waals surface area contributed by atoms with Crippen LogP contribution < -0.4 is 0 Å². The summed E-state index contributed by atoms with van der Waals surface area (Å²) in [6.07, 6.45) is 5.20. The van der Waals surface area contributed by atoms with Gasteiger partial charge in [0.25, 0.3) is 0 Å².